The molecule has 0 aliphatic rings. The molecule has 2 aromatic heterocycles. The molecule has 0 saturated carbocycles. The predicted octanol–water partition coefficient (Wildman–Crippen LogP) is 3.44. The summed E-state index contributed by atoms with van der Waals surface area (Å²) in [5.41, 5.74) is 0.838. The largest absolute Gasteiger partial charge is 0.462 e. The zero-order valence-electron chi connectivity index (χ0n) is 15.9. The van der Waals surface area contributed by atoms with E-state index in [1.54, 1.807) is 13.8 Å². The molecule has 0 aromatic carbocycles. The Morgan fingerprint density at radius 1 is 0.714 bits per heavy atom. The van der Waals surface area contributed by atoms with Crippen molar-refractivity contribution < 1.29 is 38.1 Å². The van der Waals surface area contributed by atoms with Crippen LogP contribution in [0.1, 0.15) is 58.2 Å². The summed E-state index contributed by atoms with van der Waals surface area (Å²) in [7, 11) is 0. The Labute approximate surface area is 169 Å². The van der Waals surface area contributed by atoms with Crippen LogP contribution in [0.5, 0.6) is 0 Å². The summed E-state index contributed by atoms with van der Waals surface area (Å²) < 4.78 is 21.0. The normalized spacial score (nSPS) is 10.6. The lowest BCUT2D eigenvalue weighted by molar-refractivity contribution is -0.143. The Kier molecular flexibility index (Phi) is 7.53. The summed E-state index contributed by atoms with van der Waals surface area (Å²) in [5, 5.41) is 0.545. The lowest BCUT2D eigenvalue weighted by atomic mass is 10.1. The zero-order valence-corrected chi connectivity index (χ0v) is 17.5. The standard InChI is InChI=1S/C18H20O8S2/c1-5-23-16(21)14-11(7-25-9(3)19)13-12(8-26-10(4)20)15(17(22)24-6-2)28-18(13)27-14/h5-8H2,1-4H3. The van der Waals surface area contributed by atoms with E-state index in [-0.39, 0.29) is 36.2 Å². The van der Waals surface area contributed by atoms with E-state index in [1.807, 2.05) is 0 Å². The first kappa shape index (κ1) is 21.8. The number of hydrogen-bond donors (Lipinski definition) is 0. The molecule has 0 radical (unpaired) electrons. The van der Waals surface area contributed by atoms with Gasteiger partial charge in [-0.2, -0.15) is 0 Å². The second-order valence-corrected chi connectivity index (χ2v) is 7.78. The third-order valence-corrected chi connectivity index (χ3v) is 6.02. The zero-order chi connectivity index (χ0) is 20.8. The lowest BCUT2D eigenvalue weighted by Gasteiger charge is -2.08. The lowest BCUT2D eigenvalue weighted by Crippen LogP contribution is -2.10. The van der Waals surface area contributed by atoms with Crippen molar-refractivity contribution in [3.63, 3.8) is 0 Å². The molecule has 0 atom stereocenters. The second-order valence-electron chi connectivity index (χ2n) is 5.48. The number of fused-ring (bicyclic) bond motifs is 1. The molecule has 0 aliphatic carbocycles. The monoisotopic (exact) mass is 428 g/mol. The number of esters is 4. The van der Waals surface area contributed by atoms with Gasteiger partial charge in [-0.25, -0.2) is 9.59 Å². The summed E-state index contributed by atoms with van der Waals surface area (Å²) in [6, 6.07) is 0. The van der Waals surface area contributed by atoms with Crippen LogP contribution in [-0.4, -0.2) is 37.1 Å². The van der Waals surface area contributed by atoms with Crippen LogP contribution >= 0.6 is 22.7 Å². The van der Waals surface area contributed by atoms with Crippen molar-refractivity contribution in [2.75, 3.05) is 13.2 Å². The van der Waals surface area contributed by atoms with Gasteiger partial charge < -0.3 is 18.9 Å². The maximum atomic E-state index is 12.4. The fraction of sp³-hybridized carbons (Fsp3) is 0.444. The molecule has 0 saturated heterocycles. The van der Waals surface area contributed by atoms with E-state index in [2.05, 4.69) is 0 Å². The first-order valence-corrected chi connectivity index (χ1v) is 10.1. The Morgan fingerprint density at radius 3 is 1.43 bits per heavy atom. The molecule has 8 nitrogen and oxygen atoms in total. The third-order valence-electron chi connectivity index (χ3n) is 3.51. The number of carbonyl (C=O) groups excluding carboxylic acids is 4. The molecule has 0 unspecified atom stereocenters. The maximum Gasteiger partial charge on any atom is 0.348 e. The summed E-state index contributed by atoms with van der Waals surface area (Å²) in [4.78, 5) is 47.9. The SMILES string of the molecule is CCOC(=O)c1sc2sc(C(=O)OCC)c(COC(C)=O)c2c1COC(C)=O. The third kappa shape index (κ3) is 4.87. The highest BCUT2D eigenvalue weighted by atomic mass is 32.2. The van der Waals surface area contributed by atoms with Crippen molar-refractivity contribution in [2.45, 2.75) is 40.9 Å². The molecule has 0 aliphatic heterocycles. The smallest absolute Gasteiger partial charge is 0.348 e. The van der Waals surface area contributed by atoms with Crippen LogP contribution in [0.4, 0.5) is 0 Å². The highest BCUT2D eigenvalue weighted by Gasteiger charge is 2.29. The Hall–Kier alpha value is -2.46. The minimum atomic E-state index is -0.547. The predicted molar refractivity (Wildman–Crippen MR) is 103 cm³/mol. The molecule has 0 amide bonds. The molecule has 152 valence electrons. The van der Waals surface area contributed by atoms with E-state index in [9.17, 15) is 19.2 Å². The Bertz CT molecular complexity index is 839. The topological polar surface area (TPSA) is 105 Å². The highest BCUT2D eigenvalue weighted by molar-refractivity contribution is 7.40. The highest BCUT2D eigenvalue weighted by Crippen LogP contribution is 2.42. The van der Waals surface area contributed by atoms with E-state index in [0.717, 1.165) is 22.7 Å². The molecule has 0 spiro atoms. The number of rotatable bonds is 8. The number of carbonyl (C=O) groups is 4. The summed E-state index contributed by atoms with van der Waals surface area (Å²) in [6.07, 6.45) is 0. The Morgan fingerprint density at radius 2 is 1.11 bits per heavy atom. The van der Waals surface area contributed by atoms with Crippen molar-refractivity contribution in [2.24, 2.45) is 0 Å². The molecule has 2 rings (SSSR count). The molecule has 2 heterocycles. The van der Waals surface area contributed by atoms with Crippen molar-refractivity contribution >= 4 is 56.0 Å². The Balaban J connectivity index is 2.65. The van der Waals surface area contributed by atoms with Crippen molar-refractivity contribution in [1.82, 2.24) is 0 Å². The first-order valence-electron chi connectivity index (χ1n) is 8.48. The van der Waals surface area contributed by atoms with Crippen LogP contribution in [0.2, 0.25) is 0 Å². The second kappa shape index (κ2) is 9.65. The number of ether oxygens (including phenoxy) is 4. The maximum absolute atomic E-state index is 12.4. The van der Waals surface area contributed by atoms with Gasteiger partial charge >= 0.3 is 23.9 Å². The van der Waals surface area contributed by atoms with Crippen LogP contribution in [0.25, 0.3) is 9.40 Å². The van der Waals surface area contributed by atoms with Gasteiger partial charge in [0.05, 0.1) is 17.2 Å². The number of thiophene rings is 2. The van der Waals surface area contributed by atoms with Crippen LogP contribution < -0.4 is 0 Å². The van der Waals surface area contributed by atoms with Gasteiger partial charge in [-0.1, -0.05) is 0 Å². The summed E-state index contributed by atoms with van der Waals surface area (Å²) >= 11 is 2.27. The average molecular weight is 428 g/mol. The van der Waals surface area contributed by atoms with E-state index in [4.69, 9.17) is 18.9 Å². The average Bonchev–Trinajstić information content (AvgIpc) is 3.14. The van der Waals surface area contributed by atoms with Crippen LogP contribution in [-0.2, 0) is 41.8 Å². The van der Waals surface area contributed by atoms with Gasteiger partial charge in [0.2, 0.25) is 0 Å². The molecular weight excluding hydrogens is 408 g/mol. The van der Waals surface area contributed by atoms with Crippen molar-refractivity contribution in [3.05, 3.63) is 20.9 Å². The van der Waals surface area contributed by atoms with E-state index in [0.29, 0.717) is 20.5 Å². The van der Waals surface area contributed by atoms with Crippen molar-refractivity contribution in [1.29, 1.82) is 0 Å². The fourth-order valence-electron chi connectivity index (χ4n) is 2.43. The van der Waals surface area contributed by atoms with Gasteiger partial charge in [-0.15, -0.1) is 22.7 Å². The number of hydrogen-bond acceptors (Lipinski definition) is 10. The van der Waals surface area contributed by atoms with Gasteiger partial charge in [-0.05, 0) is 13.8 Å². The molecular formula is C18H20O8S2. The molecule has 0 N–H and O–H groups in total. The summed E-state index contributed by atoms with van der Waals surface area (Å²) in [5.74, 6) is -2.13. The summed E-state index contributed by atoms with van der Waals surface area (Å²) in [6.45, 7) is 5.91. The van der Waals surface area contributed by atoms with Crippen molar-refractivity contribution in [3.8, 4) is 0 Å². The fourth-order valence-corrected chi connectivity index (χ4v) is 5.02. The van der Waals surface area contributed by atoms with E-state index >= 15 is 0 Å². The van der Waals surface area contributed by atoms with Crippen LogP contribution in [0, 0.1) is 0 Å². The molecule has 28 heavy (non-hydrogen) atoms. The van der Waals surface area contributed by atoms with E-state index < -0.39 is 23.9 Å². The van der Waals surface area contributed by atoms with E-state index in [1.165, 1.54) is 13.8 Å². The molecule has 2 aromatic rings. The quantitative estimate of drug-likeness (QED) is 0.465. The van der Waals surface area contributed by atoms with Crippen LogP contribution in [0.3, 0.4) is 0 Å². The van der Waals surface area contributed by atoms with Gasteiger partial charge in [0.15, 0.2) is 0 Å². The van der Waals surface area contributed by atoms with Crippen LogP contribution in [0.15, 0.2) is 0 Å². The molecule has 10 heteroatoms. The molecule has 0 fully saturated rings. The van der Waals surface area contributed by atoms with Gasteiger partial charge in [0, 0.05) is 30.4 Å². The first-order chi connectivity index (χ1) is 13.3. The minimum absolute atomic E-state index is 0.171. The minimum Gasteiger partial charge on any atom is -0.462 e. The molecule has 0 bridgehead atoms. The van der Waals surface area contributed by atoms with Gasteiger partial charge in [0.1, 0.15) is 23.0 Å². The van der Waals surface area contributed by atoms with Gasteiger partial charge in [-0.3, -0.25) is 9.59 Å². The van der Waals surface area contributed by atoms with Gasteiger partial charge in [0.25, 0.3) is 0 Å².